The fraction of sp³-hybridized carbons (Fsp3) is 0.891. The number of carbonyl (C=O) groups is 1. The Morgan fingerprint density at radius 1 is 0.453 bits per heavy atom. The van der Waals surface area contributed by atoms with E-state index in [0.29, 0.717) is 19.3 Å². The second-order valence-electron chi connectivity index (χ2n) is 22.5. The second kappa shape index (κ2) is 53.0. The van der Waals surface area contributed by atoms with Gasteiger partial charge >= 0.3 is 0 Å². The molecule has 1 amide bonds. The van der Waals surface area contributed by atoms with E-state index in [1.54, 1.807) is 0 Å². The van der Waals surface area contributed by atoms with E-state index in [4.69, 9.17) is 9.47 Å². The number of ether oxygens (including phenoxy) is 2. The summed E-state index contributed by atoms with van der Waals surface area (Å²) in [6, 6.07) is -1.19. The SMILES string of the molecule is CCCCCCCCCCCCCCCCCCCCC/C=C/CC/C=C/CC/C=C/CCCC(O)C(O)C(COC1OC(CO)C(O)C(O)C1O)NC(=O)C(O)CCCCCCCCCCCCCCCCCC. The first kappa shape index (κ1) is 71.3. The lowest BCUT2D eigenvalue weighted by Gasteiger charge is -2.40. The number of aliphatic hydroxyl groups is 7. The minimum atomic E-state index is -1.67. The molecule has 0 bridgehead atoms. The average Bonchev–Trinajstić information content (AvgIpc) is 3.41. The first-order chi connectivity index (χ1) is 36.7. The van der Waals surface area contributed by atoms with E-state index in [1.807, 2.05) is 0 Å². The minimum absolute atomic E-state index is 0.243. The van der Waals surface area contributed by atoms with Crippen molar-refractivity contribution >= 4 is 5.91 Å². The van der Waals surface area contributed by atoms with Crippen LogP contribution in [-0.2, 0) is 14.3 Å². The summed E-state index contributed by atoms with van der Waals surface area (Å²) >= 11 is 0. The molecule has 9 atom stereocenters. The van der Waals surface area contributed by atoms with E-state index in [-0.39, 0.29) is 12.8 Å². The average molecular weight is 1060 g/mol. The fourth-order valence-corrected chi connectivity index (χ4v) is 10.2. The highest BCUT2D eigenvalue weighted by atomic mass is 16.7. The predicted octanol–water partition coefficient (Wildman–Crippen LogP) is 14.2. The Kier molecular flexibility index (Phi) is 50.4. The van der Waals surface area contributed by atoms with Crippen LogP contribution < -0.4 is 5.32 Å². The zero-order chi connectivity index (χ0) is 54.7. The molecule has 75 heavy (non-hydrogen) atoms. The van der Waals surface area contributed by atoms with Gasteiger partial charge in [-0.3, -0.25) is 4.79 Å². The fourth-order valence-electron chi connectivity index (χ4n) is 10.2. The molecule has 1 saturated heterocycles. The van der Waals surface area contributed by atoms with Gasteiger partial charge in [0.1, 0.15) is 36.6 Å². The third kappa shape index (κ3) is 41.1. The quantitative estimate of drug-likeness (QED) is 0.0215. The number of hydrogen-bond acceptors (Lipinski definition) is 10. The van der Waals surface area contributed by atoms with Crippen LogP contribution in [0.5, 0.6) is 0 Å². The summed E-state index contributed by atoms with van der Waals surface area (Å²) < 4.78 is 11.1. The van der Waals surface area contributed by atoms with Crippen LogP contribution in [-0.4, -0.2) is 110 Å². The van der Waals surface area contributed by atoms with Gasteiger partial charge in [-0.15, -0.1) is 0 Å². The normalized spacial score (nSPS) is 19.9. The van der Waals surface area contributed by atoms with Crippen molar-refractivity contribution < 1.29 is 50.0 Å². The maximum Gasteiger partial charge on any atom is 0.249 e. The molecule has 1 rings (SSSR count). The van der Waals surface area contributed by atoms with Crippen molar-refractivity contribution in [2.75, 3.05) is 13.2 Å². The van der Waals surface area contributed by atoms with Gasteiger partial charge in [0, 0.05) is 0 Å². The lowest BCUT2D eigenvalue weighted by atomic mass is 9.98. The third-order valence-electron chi connectivity index (χ3n) is 15.4. The first-order valence-electron chi connectivity index (χ1n) is 31.9. The van der Waals surface area contributed by atoms with Crippen LogP contribution in [0.15, 0.2) is 36.5 Å². The smallest absolute Gasteiger partial charge is 0.249 e. The Labute approximate surface area is 460 Å². The molecule has 11 nitrogen and oxygen atoms in total. The van der Waals surface area contributed by atoms with Crippen molar-refractivity contribution in [3.63, 3.8) is 0 Å². The highest BCUT2D eigenvalue weighted by Gasteiger charge is 2.44. The number of aliphatic hydroxyl groups excluding tert-OH is 7. The molecule has 9 unspecified atom stereocenters. The summed E-state index contributed by atoms with van der Waals surface area (Å²) in [4.78, 5) is 13.2. The van der Waals surface area contributed by atoms with Crippen LogP contribution in [0.25, 0.3) is 0 Å². The van der Waals surface area contributed by atoms with Crippen molar-refractivity contribution in [2.45, 2.75) is 351 Å². The molecule has 1 heterocycles. The Morgan fingerprint density at radius 2 is 0.800 bits per heavy atom. The van der Waals surface area contributed by atoms with Gasteiger partial charge in [0.25, 0.3) is 0 Å². The monoisotopic (exact) mass is 1060 g/mol. The van der Waals surface area contributed by atoms with Crippen molar-refractivity contribution in [2.24, 2.45) is 0 Å². The van der Waals surface area contributed by atoms with Gasteiger partial charge < -0.3 is 50.5 Å². The molecule has 8 N–H and O–H groups in total. The molecule has 0 aromatic carbocycles. The summed E-state index contributed by atoms with van der Waals surface area (Å²) in [5, 5.41) is 76.2. The molecule has 1 aliphatic heterocycles. The molecule has 0 aliphatic carbocycles. The number of carbonyl (C=O) groups excluding carboxylic acids is 1. The Hall–Kier alpha value is -1.67. The van der Waals surface area contributed by atoms with Crippen molar-refractivity contribution in [1.29, 1.82) is 0 Å². The maximum absolute atomic E-state index is 13.2. The third-order valence-corrected chi connectivity index (χ3v) is 15.4. The van der Waals surface area contributed by atoms with Crippen molar-refractivity contribution in [1.82, 2.24) is 5.32 Å². The molecular weight excluding hydrogens is 943 g/mol. The van der Waals surface area contributed by atoms with Crippen LogP contribution >= 0.6 is 0 Å². The van der Waals surface area contributed by atoms with Gasteiger partial charge in [-0.1, -0.05) is 269 Å². The van der Waals surface area contributed by atoms with Gasteiger partial charge in [-0.05, 0) is 64.2 Å². The van der Waals surface area contributed by atoms with E-state index in [2.05, 4.69) is 55.6 Å². The molecule has 1 fully saturated rings. The molecule has 0 radical (unpaired) electrons. The topological polar surface area (TPSA) is 189 Å². The van der Waals surface area contributed by atoms with Gasteiger partial charge in [0.2, 0.25) is 5.91 Å². The molecular formula is C64H121NO10. The van der Waals surface area contributed by atoms with Crippen LogP contribution in [0.1, 0.15) is 296 Å². The summed E-state index contributed by atoms with van der Waals surface area (Å²) in [6.07, 6.45) is 55.1. The number of unbranched alkanes of at least 4 members (excludes halogenated alkanes) is 37. The standard InChI is InChI=1S/C64H121NO10/c1-3-5-7-9-11-13-15-17-19-21-22-23-24-25-26-27-28-29-30-31-32-33-34-35-36-38-39-41-43-45-47-49-51-56(67)59(69)55(54-74-64-62(72)61(71)60(70)58(53-66)75-64)65-63(73)57(68)52-50-48-46-44-42-40-37-20-18-16-14-12-10-8-6-4-2/h32-33,36,38,43,45,55-62,64,66-72H,3-31,34-35,37,39-42,44,46-54H2,1-2H3,(H,65,73)/b33-32+,38-36+,45-43+. The van der Waals surface area contributed by atoms with Crippen LogP contribution in [0.2, 0.25) is 0 Å². The molecule has 1 aliphatic rings. The lowest BCUT2D eigenvalue weighted by Crippen LogP contribution is -2.60. The predicted molar refractivity (Wildman–Crippen MR) is 312 cm³/mol. The largest absolute Gasteiger partial charge is 0.394 e. The zero-order valence-electron chi connectivity index (χ0n) is 48.5. The zero-order valence-corrected chi connectivity index (χ0v) is 48.5. The Morgan fingerprint density at radius 3 is 1.19 bits per heavy atom. The highest BCUT2D eigenvalue weighted by molar-refractivity contribution is 5.80. The van der Waals surface area contributed by atoms with E-state index >= 15 is 0 Å². The first-order valence-corrected chi connectivity index (χ1v) is 31.9. The van der Waals surface area contributed by atoms with E-state index < -0.39 is 74.2 Å². The van der Waals surface area contributed by atoms with Crippen LogP contribution in [0.3, 0.4) is 0 Å². The number of rotatable bonds is 55. The van der Waals surface area contributed by atoms with Gasteiger partial charge in [0.15, 0.2) is 6.29 Å². The van der Waals surface area contributed by atoms with Gasteiger partial charge in [-0.2, -0.15) is 0 Å². The Bertz CT molecular complexity index is 1310. The van der Waals surface area contributed by atoms with E-state index in [0.717, 1.165) is 44.9 Å². The molecule has 11 heteroatoms. The molecule has 442 valence electrons. The number of nitrogens with one attached hydrogen (secondary N) is 1. The van der Waals surface area contributed by atoms with Crippen LogP contribution in [0.4, 0.5) is 0 Å². The summed E-state index contributed by atoms with van der Waals surface area (Å²) in [7, 11) is 0. The van der Waals surface area contributed by atoms with E-state index in [9.17, 15) is 40.5 Å². The molecule has 0 saturated carbocycles. The highest BCUT2D eigenvalue weighted by Crippen LogP contribution is 2.23. The van der Waals surface area contributed by atoms with Gasteiger partial charge in [0.05, 0.1) is 25.4 Å². The number of hydrogen-bond donors (Lipinski definition) is 8. The number of allylic oxidation sites excluding steroid dienone is 6. The number of amides is 1. The van der Waals surface area contributed by atoms with Crippen LogP contribution in [0, 0.1) is 0 Å². The van der Waals surface area contributed by atoms with Gasteiger partial charge in [-0.25, -0.2) is 0 Å². The molecule has 0 aromatic heterocycles. The maximum atomic E-state index is 13.2. The summed E-state index contributed by atoms with van der Waals surface area (Å²) in [6.45, 7) is 3.46. The van der Waals surface area contributed by atoms with Crippen molar-refractivity contribution in [3.8, 4) is 0 Å². The lowest BCUT2D eigenvalue weighted by molar-refractivity contribution is -0.303. The summed E-state index contributed by atoms with van der Waals surface area (Å²) in [5.74, 6) is -0.709. The minimum Gasteiger partial charge on any atom is -0.394 e. The van der Waals surface area contributed by atoms with E-state index in [1.165, 1.54) is 205 Å². The summed E-state index contributed by atoms with van der Waals surface area (Å²) in [5.41, 5.74) is 0. The molecule has 0 spiro atoms. The van der Waals surface area contributed by atoms with Crippen molar-refractivity contribution in [3.05, 3.63) is 36.5 Å². The Balaban J connectivity index is 2.26. The molecule has 0 aromatic rings. The second-order valence-corrected chi connectivity index (χ2v) is 22.5.